The topological polar surface area (TPSA) is 41.6 Å². The van der Waals surface area contributed by atoms with Crippen molar-refractivity contribution in [1.82, 2.24) is 10.2 Å². The molecule has 1 amide bonds. The fraction of sp³-hybridized carbons (Fsp3) is 0.889. The molecule has 2 saturated heterocycles. The van der Waals surface area contributed by atoms with Crippen molar-refractivity contribution in [3.63, 3.8) is 0 Å². The second-order valence-corrected chi connectivity index (χ2v) is 3.58. The van der Waals surface area contributed by atoms with Gasteiger partial charge in [-0.2, -0.15) is 0 Å². The van der Waals surface area contributed by atoms with Crippen LogP contribution in [-0.2, 0) is 9.53 Å². The maximum atomic E-state index is 11.8. The highest BCUT2D eigenvalue weighted by Crippen LogP contribution is 2.14. The van der Waals surface area contributed by atoms with Crippen LogP contribution in [0.3, 0.4) is 0 Å². The number of ether oxygens (including phenoxy) is 1. The van der Waals surface area contributed by atoms with Gasteiger partial charge in [0.05, 0.1) is 0 Å². The summed E-state index contributed by atoms with van der Waals surface area (Å²) in [7, 11) is 0. The lowest BCUT2D eigenvalue weighted by Gasteiger charge is -2.29. The first-order chi connectivity index (χ1) is 6.38. The Bertz CT molecular complexity index is 184. The molecule has 2 fully saturated rings. The third-order valence-electron chi connectivity index (χ3n) is 2.63. The molecule has 2 aliphatic rings. The number of carbonyl (C=O) groups is 1. The van der Waals surface area contributed by atoms with E-state index in [-0.39, 0.29) is 12.0 Å². The molecule has 0 spiro atoms. The first-order valence-electron chi connectivity index (χ1n) is 4.99. The number of nitrogens with one attached hydrogen (secondary N) is 1. The van der Waals surface area contributed by atoms with E-state index >= 15 is 0 Å². The van der Waals surface area contributed by atoms with Crippen molar-refractivity contribution in [2.45, 2.75) is 18.9 Å². The summed E-state index contributed by atoms with van der Waals surface area (Å²) in [5, 5.41) is 3.23. The maximum absolute atomic E-state index is 11.8. The van der Waals surface area contributed by atoms with Gasteiger partial charge in [0.15, 0.2) is 0 Å². The highest BCUT2D eigenvalue weighted by molar-refractivity contribution is 5.81. The van der Waals surface area contributed by atoms with Gasteiger partial charge in [-0.25, -0.2) is 0 Å². The van der Waals surface area contributed by atoms with Gasteiger partial charge in [-0.1, -0.05) is 0 Å². The lowest BCUT2D eigenvalue weighted by Crippen LogP contribution is -2.49. The zero-order valence-corrected chi connectivity index (χ0v) is 7.79. The summed E-state index contributed by atoms with van der Waals surface area (Å²) in [4.78, 5) is 13.7. The van der Waals surface area contributed by atoms with Crippen molar-refractivity contribution in [2.75, 3.05) is 32.8 Å². The van der Waals surface area contributed by atoms with Gasteiger partial charge in [-0.05, 0) is 12.8 Å². The molecule has 2 rings (SSSR count). The summed E-state index contributed by atoms with van der Waals surface area (Å²) in [5.41, 5.74) is 0. The van der Waals surface area contributed by atoms with E-state index in [9.17, 15) is 4.79 Å². The minimum atomic E-state index is -0.141. The van der Waals surface area contributed by atoms with E-state index in [4.69, 9.17) is 4.74 Å². The molecule has 0 bridgehead atoms. The number of hydrogen-bond donors (Lipinski definition) is 1. The van der Waals surface area contributed by atoms with Gasteiger partial charge < -0.3 is 15.0 Å². The van der Waals surface area contributed by atoms with Crippen molar-refractivity contribution in [1.29, 1.82) is 0 Å². The predicted molar refractivity (Wildman–Crippen MR) is 48.4 cm³/mol. The van der Waals surface area contributed by atoms with Crippen LogP contribution >= 0.6 is 0 Å². The van der Waals surface area contributed by atoms with E-state index in [0.29, 0.717) is 0 Å². The standard InChI is InChI=1S/C9H16N2O2/c12-9(8-2-1-7-13-8)11-5-3-10-4-6-11/h8,10H,1-7H2/t8-/m1/s1. The molecule has 74 valence electrons. The van der Waals surface area contributed by atoms with Gasteiger partial charge >= 0.3 is 0 Å². The third-order valence-corrected chi connectivity index (χ3v) is 2.63. The van der Waals surface area contributed by atoms with Crippen LogP contribution in [0.15, 0.2) is 0 Å². The molecule has 0 radical (unpaired) electrons. The largest absolute Gasteiger partial charge is 0.368 e. The second kappa shape index (κ2) is 4.07. The fourth-order valence-corrected chi connectivity index (χ4v) is 1.86. The van der Waals surface area contributed by atoms with Gasteiger partial charge in [0.25, 0.3) is 5.91 Å². The molecule has 0 aromatic heterocycles. The second-order valence-electron chi connectivity index (χ2n) is 3.58. The quantitative estimate of drug-likeness (QED) is 0.603. The molecule has 0 unspecified atom stereocenters. The van der Waals surface area contributed by atoms with Crippen LogP contribution in [0.2, 0.25) is 0 Å². The van der Waals surface area contributed by atoms with Gasteiger partial charge in [-0.3, -0.25) is 4.79 Å². The number of piperazine rings is 1. The van der Waals surface area contributed by atoms with Crippen LogP contribution in [0.25, 0.3) is 0 Å². The number of rotatable bonds is 1. The Kier molecular flexibility index (Phi) is 2.80. The normalized spacial score (nSPS) is 29.2. The van der Waals surface area contributed by atoms with E-state index in [1.165, 1.54) is 0 Å². The van der Waals surface area contributed by atoms with Crippen LogP contribution in [0.5, 0.6) is 0 Å². The van der Waals surface area contributed by atoms with Crippen LogP contribution < -0.4 is 5.32 Å². The number of amides is 1. The Morgan fingerprint density at radius 1 is 1.38 bits per heavy atom. The van der Waals surface area contributed by atoms with E-state index < -0.39 is 0 Å². The van der Waals surface area contributed by atoms with Gasteiger partial charge in [0, 0.05) is 32.8 Å². The van der Waals surface area contributed by atoms with Crippen LogP contribution in [0.1, 0.15) is 12.8 Å². The van der Waals surface area contributed by atoms with Crippen molar-refractivity contribution in [2.24, 2.45) is 0 Å². The van der Waals surface area contributed by atoms with Crippen molar-refractivity contribution in [3.8, 4) is 0 Å². The average Bonchev–Trinajstić information content (AvgIpc) is 2.71. The molecule has 1 atom stereocenters. The SMILES string of the molecule is O=C([C@H]1CCCO1)N1CCNCC1. The molecule has 0 saturated carbocycles. The Balaban J connectivity index is 1.87. The highest BCUT2D eigenvalue weighted by atomic mass is 16.5. The summed E-state index contributed by atoms with van der Waals surface area (Å²) in [6.45, 7) is 4.25. The molecule has 4 nitrogen and oxygen atoms in total. The third kappa shape index (κ3) is 2.00. The monoisotopic (exact) mass is 184 g/mol. The molecule has 4 heteroatoms. The molecule has 0 aromatic carbocycles. The summed E-state index contributed by atoms with van der Waals surface area (Å²) >= 11 is 0. The summed E-state index contributed by atoms with van der Waals surface area (Å²) in [6.07, 6.45) is 1.80. The molecule has 0 aliphatic carbocycles. The zero-order chi connectivity index (χ0) is 9.10. The number of hydrogen-bond acceptors (Lipinski definition) is 3. The molecular weight excluding hydrogens is 168 g/mol. The molecule has 13 heavy (non-hydrogen) atoms. The highest BCUT2D eigenvalue weighted by Gasteiger charge is 2.28. The number of carbonyl (C=O) groups excluding carboxylic acids is 1. The number of nitrogens with zero attached hydrogens (tertiary/aromatic N) is 1. The van der Waals surface area contributed by atoms with Crippen molar-refractivity contribution < 1.29 is 9.53 Å². The van der Waals surface area contributed by atoms with E-state index in [1.807, 2.05) is 4.90 Å². The Hall–Kier alpha value is -0.610. The van der Waals surface area contributed by atoms with Gasteiger partial charge in [0.2, 0.25) is 0 Å². The summed E-state index contributed by atoms with van der Waals surface area (Å²) in [5.74, 6) is 0.194. The van der Waals surface area contributed by atoms with Gasteiger partial charge in [0.1, 0.15) is 6.10 Å². The first-order valence-corrected chi connectivity index (χ1v) is 4.99. The Morgan fingerprint density at radius 3 is 2.77 bits per heavy atom. The molecule has 2 heterocycles. The van der Waals surface area contributed by atoms with Crippen LogP contribution in [0, 0.1) is 0 Å². The molecule has 0 aromatic rings. The smallest absolute Gasteiger partial charge is 0.251 e. The Labute approximate surface area is 78.2 Å². The minimum Gasteiger partial charge on any atom is -0.368 e. The molecule has 1 N–H and O–H groups in total. The molecular formula is C9H16N2O2. The lowest BCUT2D eigenvalue weighted by molar-refractivity contribution is -0.141. The predicted octanol–water partition coefficient (Wildman–Crippen LogP) is -0.403. The fourth-order valence-electron chi connectivity index (χ4n) is 1.86. The Morgan fingerprint density at radius 2 is 2.15 bits per heavy atom. The minimum absolute atomic E-state index is 0.141. The zero-order valence-electron chi connectivity index (χ0n) is 7.79. The van der Waals surface area contributed by atoms with Gasteiger partial charge in [-0.15, -0.1) is 0 Å². The summed E-state index contributed by atoms with van der Waals surface area (Å²) < 4.78 is 5.36. The van der Waals surface area contributed by atoms with Crippen molar-refractivity contribution >= 4 is 5.91 Å². The van der Waals surface area contributed by atoms with Crippen molar-refractivity contribution in [3.05, 3.63) is 0 Å². The van der Waals surface area contributed by atoms with E-state index in [2.05, 4.69) is 5.32 Å². The van der Waals surface area contributed by atoms with Crippen LogP contribution in [0.4, 0.5) is 0 Å². The molecule has 2 aliphatic heterocycles. The van der Waals surface area contributed by atoms with Crippen LogP contribution in [-0.4, -0.2) is 49.7 Å². The van der Waals surface area contributed by atoms with E-state index in [0.717, 1.165) is 45.6 Å². The average molecular weight is 184 g/mol. The van der Waals surface area contributed by atoms with E-state index in [1.54, 1.807) is 0 Å². The maximum Gasteiger partial charge on any atom is 0.251 e. The summed E-state index contributed by atoms with van der Waals surface area (Å²) in [6, 6.07) is 0. The first kappa shape index (κ1) is 8.97. The lowest BCUT2D eigenvalue weighted by atomic mass is 10.2.